The van der Waals surface area contributed by atoms with Crippen molar-refractivity contribution in [2.45, 2.75) is 26.7 Å². The van der Waals surface area contributed by atoms with Gasteiger partial charge in [-0.3, -0.25) is 4.79 Å². The van der Waals surface area contributed by atoms with Crippen molar-refractivity contribution in [3.63, 3.8) is 0 Å². The van der Waals surface area contributed by atoms with Crippen LogP contribution in [0.5, 0.6) is 0 Å². The quantitative estimate of drug-likeness (QED) is 0.586. The van der Waals surface area contributed by atoms with Crippen LogP contribution in [0.2, 0.25) is 0 Å². The minimum atomic E-state index is 0.231. The highest BCUT2D eigenvalue weighted by Gasteiger charge is 2.07. The highest BCUT2D eigenvalue weighted by molar-refractivity contribution is 5.75. The molecule has 0 aliphatic carbocycles. The normalized spacial score (nSPS) is 12.8. The van der Waals surface area contributed by atoms with E-state index in [1.165, 1.54) is 0 Å². The van der Waals surface area contributed by atoms with E-state index in [-0.39, 0.29) is 5.91 Å². The Morgan fingerprint density at radius 3 is 2.30 bits per heavy atom. The summed E-state index contributed by atoms with van der Waals surface area (Å²) in [6.07, 6.45) is 1.77. The van der Waals surface area contributed by atoms with Gasteiger partial charge in [0.15, 0.2) is 0 Å². The molecule has 0 saturated carbocycles. The fraction of sp³-hybridized carbons (Fsp3) is 0.875. The topological polar surface area (TPSA) is 20.3 Å². The zero-order chi connectivity index (χ0) is 8.15. The maximum absolute atomic E-state index is 11.0. The summed E-state index contributed by atoms with van der Waals surface area (Å²) in [5.41, 5.74) is 0. The summed E-state index contributed by atoms with van der Waals surface area (Å²) >= 11 is 0. The van der Waals surface area contributed by atoms with Crippen molar-refractivity contribution in [2.24, 2.45) is 5.92 Å². The Hall–Kier alpha value is -0.530. The second kappa shape index (κ2) is 4.31. The number of hydrogen-bond acceptors (Lipinski definition) is 1. The van der Waals surface area contributed by atoms with E-state index in [1.807, 2.05) is 0 Å². The van der Waals surface area contributed by atoms with Crippen molar-refractivity contribution in [3.8, 4) is 0 Å². The first-order chi connectivity index (χ1) is 4.57. The van der Waals surface area contributed by atoms with Crippen LogP contribution < -0.4 is 0 Å². The predicted molar refractivity (Wildman–Crippen MR) is 42.8 cm³/mol. The van der Waals surface area contributed by atoms with E-state index in [4.69, 9.17) is 0 Å². The molecule has 0 heterocycles. The average molecular weight is 143 g/mol. The van der Waals surface area contributed by atoms with Crippen molar-refractivity contribution >= 4 is 5.91 Å². The lowest BCUT2D eigenvalue weighted by Crippen LogP contribution is -2.23. The van der Waals surface area contributed by atoms with Gasteiger partial charge >= 0.3 is 0 Å². The lowest BCUT2D eigenvalue weighted by molar-refractivity contribution is -0.129. The first-order valence-electron chi connectivity index (χ1n) is 3.78. The largest absolute Gasteiger partial charge is 0.349 e. The lowest BCUT2D eigenvalue weighted by atomic mass is 10.1. The Kier molecular flexibility index (Phi) is 4.08. The fourth-order valence-corrected chi connectivity index (χ4v) is 0.625. The Labute approximate surface area is 63.2 Å². The minimum absolute atomic E-state index is 0.231. The summed E-state index contributed by atoms with van der Waals surface area (Å²) < 4.78 is 0. The van der Waals surface area contributed by atoms with E-state index >= 15 is 0 Å². The van der Waals surface area contributed by atoms with Gasteiger partial charge in [0.1, 0.15) is 0 Å². The van der Waals surface area contributed by atoms with Gasteiger partial charge in [-0.05, 0) is 5.92 Å². The summed E-state index contributed by atoms with van der Waals surface area (Å²) in [4.78, 5) is 12.7. The zero-order valence-electron chi connectivity index (χ0n) is 7.35. The highest BCUT2D eigenvalue weighted by atomic mass is 16.2. The minimum Gasteiger partial charge on any atom is -0.349 e. The standard InChI is InChI=1S/C8H17NO/c1-5-7(2)6-8(10)9(3)4/h7H,5-6H2,1-4H3. The number of hydrogen-bond donors (Lipinski definition) is 0. The number of nitrogens with zero attached hydrogens (tertiary/aromatic N) is 1. The van der Waals surface area contributed by atoms with Gasteiger partial charge in [0.25, 0.3) is 0 Å². The molecule has 0 aromatic rings. The molecule has 0 aliphatic rings. The summed E-state index contributed by atoms with van der Waals surface area (Å²) in [5, 5.41) is 0. The molecule has 0 N–H and O–H groups in total. The Morgan fingerprint density at radius 2 is 2.00 bits per heavy atom. The third-order valence-corrected chi connectivity index (χ3v) is 1.72. The van der Waals surface area contributed by atoms with E-state index in [9.17, 15) is 4.79 Å². The SMILES string of the molecule is CCC(C)CC(=O)N(C)C. The molecule has 0 radical (unpaired) electrons. The van der Waals surface area contributed by atoms with Crippen LogP contribution in [0.25, 0.3) is 0 Å². The van der Waals surface area contributed by atoms with Gasteiger partial charge in [0, 0.05) is 20.5 Å². The molecule has 1 amide bonds. The van der Waals surface area contributed by atoms with E-state index < -0.39 is 0 Å². The molecular weight excluding hydrogens is 126 g/mol. The van der Waals surface area contributed by atoms with Crippen LogP contribution in [0.1, 0.15) is 26.7 Å². The molecule has 2 heteroatoms. The van der Waals surface area contributed by atoms with Crippen LogP contribution in [-0.2, 0) is 4.79 Å². The molecule has 60 valence electrons. The van der Waals surface area contributed by atoms with Gasteiger partial charge < -0.3 is 4.90 Å². The van der Waals surface area contributed by atoms with Crippen molar-refractivity contribution in [3.05, 3.63) is 0 Å². The molecule has 0 saturated heterocycles. The van der Waals surface area contributed by atoms with Crippen molar-refractivity contribution in [1.82, 2.24) is 4.90 Å². The van der Waals surface area contributed by atoms with E-state index in [2.05, 4.69) is 13.8 Å². The Balaban J connectivity index is 3.57. The van der Waals surface area contributed by atoms with Gasteiger partial charge in [0.05, 0.1) is 0 Å². The number of carbonyl (C=O) groups is 1. The van der Waals surface area contributed by atoms with E-state index in [0.29, 0.717) is 12.3 Å². The molecule has 2 nitrogen and oxygen atoms in total. The number of rotatable bonds is 3. The highest BCUT2D eigenvalue weighted by Crippen LogP contribution is 2.06. The van der Waals surface area contributed by atoms with Gasteiger partial charge in [-0.15, -0.1) is 0 Å². The third-order valence-electron chi connectivity index (χ3n) is 1.72. The van der Waals surface area contributed by atoms with Crippen LogP contribution in [0, 0.1) is 5.92 Å². The Bertz CT molecular complexity index is 110. The summed E-state index contributed by atoms with van der Waals surface area (Å²) in [6, 6.07) is 0. The molecular formula is C8H17NO. The van der Waals surface area contributed by atoms with Gasteiger partial charge in [-0.1, -0.05) is 20.3 Å². The van der Waals surface area contributed by atoms with Crippen LogP contribution in [-0.4, -0.2) is 24.9 Å². The summed E-state index contributed by atoms with van der Waals surface area (Å²) in [5.74, 6) is 0.754. The smallest absolute Gasteiger partial charge is 0.222 e. The lowest BCUT2D eigenvalue weighted by Gasteiger charge is -2.12. The number of amides is 1. The first kappa shape index (κ1) is 9.47. The molecule has 0 spiro atoms. The maximum Gasteiger partial charge on any atom is 0.222 e. The van der Waals surface area contributed by atoms with Gasteiger partial charge in [-0.2, -0.15) is 0 Å². The molecule has 0 aromatic heterocycles. The third kappa shape index (κ3) is 3.49. The molecule has 1 atom stereocenters. The van der Waals surface area contributed by atoms with E-state index in [1.54, 1.807) is 19.0 Å². The number of carbonyl (C=O) groups excluding carboxylic acids is 1. The van der Waals surface area contributed by atoms with Crippen LogP contribution in [0.3, 0.4) is 0 Å². The Morgan fingerprint density at radius 1 is 1.50 bits per heavy atom. The van der Waals surface area contributed by atoms with Crippen LogP contribution >= 0.6 is 0 Å². The zero-order valence-corrected chi connectivity index (χ0v) is 7.35. The van der Waals surface area contributed by atoms with Crippen molar-refractivity contribution in [2.75, 3.05) is 14.1 Å². The monoisotopic (exact) mass is 143 g/mol. The second-order valence-electron chi connectivity index (χ2n) is 3.01. The molecule has 0 rings (SSSR count). The van der Waals surface area contributed by atoms with Crippen molar-refractivity contribution < 1.29 is 4.79 Å². The van der Waals surface area contributed by atoms with Crippen LogP contribution in [0.15, 0.2) is 0 Å². The summed E-state index contributed by atoms with van der Waals surface area (Å²) in [6.45, 7) is 4.20. The molecule has 10 heavy (non-hydrogen) atoms. The molecule has 0 aromatic carbocycles. The molecule has 1 unspecified atom stereocenters. The molecule has 0 aliphatic heterocycles. The molecule has 0 fully saturated rings. The molecule has 0 bridgehead atoms. The fourth-order valence-electron chi connectivity index (χ4n) is 0.625. The maximum atomic E-state index is 11.0. The van der Waals surface area contributed by atoms with E-state index in [0.717, 1.165) is 6.42 Å². The second-order valence-corrected chi connectivity index (χ2v) is 3.01. The van der Waals surface area contributed by atoms with Crippen LogP contribution in [0.4, 0.5) is 0 Å². The first-order valence-corrected chi connectivity index (χ1v) is 3.78. The average Bonchev–Trinajstić information content (AvgIpc) is 1.87. The van der Waals surface area contributed by atoms with Crippen molar-refractivity contribution in [1.29, 1.82) is 0 Å². The van der Waals surface area contributed by atoms with Gasteiger partial charge in [-0.25, -0.2) is 0 Å². The van der Waals surface area contributed by atoms with Gasteiger partial charge in [0.2, 0.25) is 5.91 Å². The predicted octanol–water partition coefficient (Wildman–Crippen LogP) is 1.51. The summed E-state index contributed by atoms with van der Waals surface area (Å²) in [7, 11) is 3.59.